The van der Waals surface area contributed by atoms with E-state index in [0.29, 0.717) is 130 Å². The molecule has 2 aromatic carbocycles. The van der Waals surface area contributed by atoms with E-state index in [-0.39, 0.29) is 55.4 Å². The average molecular weight is 1980 g/mol. The number of Topliss-reactive ketones (excluding diaryl/α,β-unsaturated/α-hetero) is 1. The van der Waals surface area contributed by atoms with E-state index in [1.165, 1.54) is 125 Å². The van der Waals surface area contributed by atoms with Crippen LogP contribution in [0.5, 0.6) is 0 Å². The Hall–Kier alpha value is -9.68. The summed E-state index contributed by atoms with van der Waals surface area (Å²) < 4.78 is 30.0. The minimum atomic E-state index is -1.14. The number of nitrogen functional groups attached to an aromatic ring is 1. The Balaban J connectivity index is 0.000000155. The van der Waals surface area contributed by atoms with Crippen LogP contribution in [0.1, 0.15) is 111 Å². The zero-order valence-electron chi connectivity index (χ0n) is 73.2. The van der Waals surface area contributed by atoms with Gasteiger partial charge in [-0.1, -0.05) is 104 Å². The molecule has 18 rings (SSSR count). The predicted molar refractivity (Wildman–Crippen MR) is 512 cm³/mol. The third kappa shape index (κ3) is 25.7. The normalized spacial score (nSPS) is 17.8. The number of anilines is 3. The van der Waals surface area contributed by atoms with Gasteiger partial charge in [0.1, 0.15) is 43.2 Å². The van der Waals surface area contributed by atoms with E-state index in [1.807, 2.05) is 62.0 Å². The lowest BCUT2D eigenvalue weighted by Crippen LogP contribution is -2.47. The van der Waals surface area contributed by atoms with Crippen molar-refractivity contribution in [2.45, 2.75) is 142 Å². The molecule has 0 bridgehead atoms. The van der Waals surface area contributed by atoms with Crippen molar-refractivity contribution < 1.29 is 39.1 Å². The lowest BCUT2D eigenvalue weighted by Gasteiger charge is -2.35. The van der Waals surface area contributed by atoms with Crippen LogP contribution in [-0.4, -0.2) is 228 Å². The van der Waals surface area contributed by atoms with Gasteiger partial charge in [-0.3, -0.25) is 24.3 Å². The van der Waals surface area contributed by atoms with E-state index < -0.39 is 16.8 Å². The number of halogens is 3. The lowest BCUT2D eigenvalue weighted by atomic mass is 9.81. The average Bonchev–Trinajstić information content (AvgIpc) is 1.59. The van der Waals surface area contributed by atoms with Crippen molar-refractivity contribution in [3.8, 4) is 11.6 Å². The number of carbonyl (C=O) groups excluding carboxylic acids is 1. The highest BCUT2D eigenvalue weighted by molar-refractivity contribution is 9.11. The first kappa shape index (κ1) is 98.9. The van der Waals surface area contributed by atoms with Crippen LogP contribution in [0.25, 0.3) is 44.7 Å². The number of hydrogen-bond donors (Lipinski definition) is 7. The number of aliphatic hydroxyl groups is 3. The Morgan fingerprint density at radius 3 is 1.32 bits per heavy atom. The quantitative estimate of drug-likeness (QED) is 0.00827. The van der Waals surface area contributed by atoms with E-state index in [4.69, 9.17) is 24.9 Å². The molecule has 12 aromatic rings. The van der Waals surface area contributed by atoms with Gasteiger partial charge in [0.2, 0.25) is 5.95 Å². The number of ether oxygens (including phenoxy) is 4. The minimum absolute atomic E-state index is 0.113. The number of ketones is 1. The summed E-state index contributed by atoms with van der Waals surface area (Å²) >= 11 is 12.5. The van der Waals surface area contributed by atoms with Crippen molar-refractivity contribution in [2.75, 3.05) is 118 Å². The summed E-state index contributed by atoms with van der Waals surface area (Å²) in [5, 5.41) is 42.8. The lowest BCUT2D eigenvalue weighted by molar-refractivity contribution is -0.187. The smallest absolute Gasteiger partial charge is 0.278 e. The van der Waals surface area contributed by atoms with Crippen LogP contribution in [0.4, 0.5) is 17.3 Å². The number of aromatic nitrogens is 16. The number of H-pyrrole nitrogens is 1. The summed E-state index contributed by atoms with van der Waals surface area (Å²) in [4.78, 5) is 95.7. The van der Waals surface area contributed by atoms with Crippen LogP contribution in [-0.2, 0) is 60.2 Å². The van der Waals surface area contributed by atoms with Gasteiger partial charge in [-0.15, -0.1) is 19.7 Å². The van der Waals surface area contributed by atoms with E-state index >= 15 is 0 Å². The molecular weight excluding hydrogens is 1870 g/mol. The fraction of sp³-hybridized carbons (Fsp3) is 0.407. The number of pyridine rings is 4. The molecule has 37 heteroatoms. The van der Waals surface area contributed by atoms with Gasteiger partial charge in [0, 0.05) is 42.0 Å². The number of nitrogens with one attached hydrogen (secondary N) is 3. The maximum absolute atomic E-state index is 13.3. The molecule has 32 nitrogen and oxygen atoms in total. The number of fused-ring (bicyclic) bond motifs is 3. The molecule has 680 valence electrons. The Morgan fingerprint density at radius 1 is 0.523 bits per heavy atom. The highest BCUT2D eigenvalue weighted by Gasteiger charge is 2.42. The highest BCUT2D eigenvalue weighted by atomic mass is 79.9. The molecule has 4 saturated heterocycles. The molecule has 128 heavy (non-hydrogen) atoms. The second-order valence-electron chi connectivity index (χ2n) is 31.7. The number of nitrogens with two attached hydrogens (primary N) is 1. The molecule has 4 aliphatic heterocycles. The first-order chi connectivity index (χ1) is 61.7. The maximum atomic E-state index is 13.3. The summed E-state index contributed by atoms with van der Waals surface area (Å²) in [5.41, 5.74) is 9.72. The molecule has 6 fully saturated rings. The van der Waals surface area contributed by atoms with Gasteiger partial charge in [-0.2, -0.15) is 4.98 Å². The van der Waals surface area contributed by atoms with E-state index in [0.717, 1.165) is 43.7 Å². The first-order valence-corrected chi connectivity index (χ1v) is 46.9. The third-order valence-corrected chi connectivity index (χ3v) is 24.5. The maximum Gasteiger partial charge on any atom is 0.278 e. The monoisotopic (exact) mass is 1980 g/mol. The van der Waals surface area contributed by atoms with Crippen molar-refractivity contribution in [1.29, 1.82) is 0 Å². The number of benzene rings is 2. The van der Waals surface area contributed by atoms with Crippen LogP contribution in [0, 0.1) is 0 Å². The number of rotatable bonds is 22. The first-order valence-electron chi connectivity index (χ1n) is 42.1. The van der Waals surface area contributed by atoms with Gasteiger partial charge in [0.25, 0.3) is 16.7 Å². The van der Waals surface area contributed by atoms with Gasteiger partial charge in [-0.05, 0) is 256 Å². The molecule has 8 N–H and O–H groups in total. The molecule has 10 aromatic heterocycles. The van der Waals surface area contributed by atoms with E-state index in [1.54, 1.807) is 76.3 Å². The number of nitrogens with zero attached hydrogens (tertiary/aromatic N) is 17. The number of aromatic amines is 1. The van der Waals surface area contributed by atoms with Gasteiger partial charge in [-0.25, -0.2) is 68.3 Å². The Morgan fingerprint density at radius 2 is 0.938 bits per heavy atom. The fourth-order valence-electron chi connectivity index (χ4n) is 14.6. The summed E-state index contributed by atoms with van der Waals surface area (Å²) in [6, 6.07) is 40.2. The van der Waals surface area contributed by atoms with E-state index in [2.05, 4.69) is 214 Å². The molecule has 0 atom stereocenters. The topological polar surface area (TPSA) is 392 Å². The largest absolute Gasteiger partial charge is 0.399 e. The van der Waals surface area contributed by atoms with Crippen LogP contribution in [0.15, 0.2) is 216 Å². The van der Waals surface area contributed by atoms with Gasteiger partial charge >= 0.3 is 0 Å². The molecular formula is C91H112Br3N21O11S2. The molecule has 6 aliphatic rings. The van der Waals surface area contributed by atoms with Crippen molar-refractivity contribution in [3.63, 3.8) is 0 Å². The summed E-state index contributed by atoms with van der Waals surface area (Å²) in [7, 11) is 10.7. The molecule has 0 radical (unpaired) electrons. The van der Waals surface area contributed by atoms with Crippen LogP contribution >= 0.6 is 71.3 Å². The zero-order chi connectivity index (χ0) is 91.7. The standard InChI is InChI=1S/C30H35N7O3.C17H17N5O3S.C14H22N2.C9H10N4OS.C8H8BrNO2.C5H3Br2N.C5H13N.C3H4O2/c1-4-16-36-28(38)24-17-31-29(32-22-12-8-20(9-13-22)21-10-14-23(15-11-21)35(2)3)34-27(24)37(36)26-7-5-6-25(33-26)30(39)18-40-19-30;1-3-7-21-15(23)11-8-18-16(26-2)20-14(11)22(21)13-6-4-5-12(19-13)17(24)9-25-10-17;1-16(2)14-9-5-12(6-10-14)11-3-7-13(15)8-4-11;1-3-4-13-8(14)6-5-10-9(15-2)11-7(6)12-13;9-7-3-1-2-6(10-7)8(11)4-12-5-8;6-4-2-1-3-5(7)8-4;1-3-4-5-6-2;4-3-1-5-2-3/h4-9,12-13,17,21,23,39H,1,10-11,14-16,18-19H2,2-3H3,(H,31,32,34);3-6,8,24H,1,7,9-10H2,2H3;3-4,7-8,12,14H,5-6,9-10,15H2,1-2H3;3,5H,1,4H2,2H3,(H,10,11,12);1-3,11H,4-5H2;1-3H;6H,3-5H2,1-2H3;1-2H2. The number of unbranched alkanes of at least 4 members (excludes halogenated alkanes) is 1. The Bertz CT molecular complexity index is 5860. The van der Waals surface area contributed by atoms with Crippen molar-refractivity contribution in [2.24, 2.45) is 0 Å². The molecule has 0 unspecified atom stereocenters. The third-order valence-electron chi connectivity index (χ3n) is 22.1. The molecule has 2 saturated carbocycles. The van der Waals surface area contributed by atoms with Crippen LogP contribution in [0.3, 0.4) is 0 Å². The van der Waals surface area contributed by atoms with Crippen molar-refractivity contribution >= 4 is 128 Å². The second-order valence-corrected chi connectivity index (χ2v) is 35.7. The number of allylic oxidation sites excluding steroid dienone is 3. The second kappa shape index (κ2) is 47.2. The summed E-state index contributed by atoms with van der Waals surface area (Å²) in [6.45, 7) is 17.6. The van der Waals surface area contributed by atoms with Crippen LogP contribution < -0.4 is 33.0 Å². The molecule has 0 amide bonds. The SMILES string of the molecule is Brc1cccc(Br)n1.C=CCn1[nH]c2nc(SC)ncc2c1=O.C=CCn1c(=O)c2cnc(Nc3ccc(C4CCC(N(C)C)CC4)cc3)nc2n1-c1cccc(C2(O)COC2)n1.C=CCn1c(=O)c2cnc(SC)nc2n1-c1cccc(C2(O)COC2)n1.CCCCNC.CN(C)C1CCC(c2ccc(N)cc2)CC1.O=C1COC1.OC1(c2cccc(Br)n2)COC1. The minimum Gasteiger partial charge on any atom is -0.399 e. The highest BCUT2D eigenvalue weighted by Crippen LogP contribution is 2.38. The van der Waals surface area contributed by atoms with E-state index in [9.17, 15) is 34.5 Å². The molecule has 14 heterocycles. The van der Waals surface area contributed by atoms with Crippen molar-refractivity contribution in [3.05, 3.63) is 251 Å². The number of carbonyl (C=O) groups is 1. The van der Waals surface area contributed by atoms with Crippen molar-refractivity contribution in [1.82, 2.24) is 93.5 Å². The zero-order valence-corrected chi connectivity index (χ0v) is 79.6. The van der Waals surface area contributed by atoms with Gasteiger partial charge in [0.15, 0.2) is 61.5 Å². The summed E-state index contributed by atoms with van der Waals surface area (Å²) in [5.74, 6) is 2.87. The Kier molecular flexibility index (Phi) is 36.5. The number of thioether (sulfide) groups is 2. The van der Waals surface area contributed by atoms with Crippen LogP contribution in [0.2, 0.25) is 0 Å². The fourth-order valence-corrected chi connectivity index (χ4v) is 16.6. The summed E-state index contributed by atoms with van der Waals surface area (Å²) in [6.07, 6.45) is 26.0. The Labute approximate surface area is 777 Å². The van der Waals surface area contributed by atoms with Gasteiger partial charge < -0.3 is 60.4 Å². The van der Waals surface area contributed by atoms with Gasteiger partial charge in [0.05, 0.1) is 76.4 Å². The number of hydrogen-bond acceptors (Lipinski definition) is 28. The predicted octanol–water partition coefficient (Wildman–Crippen LogP) is 13.0. The molecule has 0 spiro atoms. The molecule has 2 aliphatic carbocycles.